The Hall–Kier alpha value is -2.91. The SMILES string of the molecule is Cn1c(=O)cc(N(N)n2nc(C=O)c3cc(Cl)ccc32)n(CC2CC2)c1=O. The predicted molar refractivity (Wildman–Crippen MR) is 101 cm³/mol. The van der Waals surface area contributed by atoms with E-state index in [-0.39, 0.29) is 11.5 Å². The molecule has 27 heavy (non-hydrogen) atoms. The molecule has 4 rings (SSSR count). The molecule has 2 aromatic heterocycles. The van der Waals surface area contributed by atoms with Gasteiger partial charge in [-0.3, -0.25) is 18.7 Å². The van der Waals surface area contributed by atoms with Gasteiger partial charge in [-0.1, -0.05) is 11.6 Å². The van der Waals surface area contributed by atoms with E-state index >= 15 is 0 Å². The average molecular weight is 389 g/mol. The minimum Gasteiger partial charge on any atom is -0.296 e. The van der Waals surface area contributed by atoms with Crippen LogP contribution in [0.2, 0.25) is 5.02 Å². The molecular weight excluding hydrogens is 372 g/mol. The summed E-state index contributed by atoms with van der Waals surface area (Å²) < 4.78 is 2.50. The fourth-order valence-electron chi connectivity index (χ4n) is 3.02. The van der Waals surface area contributed by atoms with Crippen LogP contribution in [-0.4, -0.2) is 25.3 Å². The van der Waals surface area contributed by atoms with Gasteiger partial charge in [0.1, 0.15) is 5.69 Å². The van der Waals surface area contributed by atoms with Crippen LogP contribution in [-0.2, 0) is 13.6 Å². The molecule has 9 nitrogen and oxygen atoms in total. The lowest BCUT2D eigenvalue weighted by molar-refractivity contribution is 0.111. The van der Waals surface area contributed by atoms with E-state index in [9.17, 15) is 14.4 Å². The Morgan fingerprint density at radius 3 is 2.74 bits per heavy atom. The number of carbonyl (C=O) groups excluding carboxylic acids is 1. The molecule has 2 N–H and O–H groups in total. The van der Waals surface area contributed by atoms with E-state index < -0.39 is 11.2 Å². The number of nitrogens with zero attached hydrogens (tertiary/aromatic N) is 5. The highest BCUT2D eigenvalue weighted by Crippen LogP contribution is 2.31. The number of hydrogen-bond donors (Lipinski definition) is 1. The second-order valence-electron chi connectivity index (χ2n) is 6.63. The zero-order chi connectivity index (χ0) is 19.3. The molecule has 140 valence electrons. The lowest BCUT2D eigenvalue weighted by Gasteiger charge is -2.23. The van der Waals surface area contributed by atoms with Crippen LogP contribution < -0.4 is 22.2 Å². The number of aldehydes is 1. The van der Waals surface area contributed by atoms with E-state index in [1.165, 1.54) is 22.5 Å². The summed E-state index contributed by atoms with van der Waals surface area (Å²) in [6.07, 6.45) is 2.65. The summed E-state index contributed by atoms with van der Waals surface area (Å²) in [5.41, 5.74) is -0.249. The standard InChI is InChI=1S/C17H17ClN6O3/c1-21-16(26)7-15(22(17(21)27)8-10-2-3-10)23(19)24-14-5-4-11(18)6-12(14)13(9-25)20-24/h4-7,9-10H,2-3,8,19H2,1H3. The third-order valence-corrected chi connectivity index (χ3v) is 4.95. The number of halogens is 1. The number of hydrogen-bond acceptors (Lipinski definition) is 6. The molecule has 1 aliphatic carbocycles. The summed E-state index contributed by atoms with van der Waals surface area (Å²) in [6, 6.07) is 6.21. The Balaban J connectivity index is 1.92. The fourth-order valence-corrected chi connectivity index (χ4v) is 3.20. The number of benzene rings is 1. The summed E-state index contributed by atoms with van der Waals surface area (Å²) in [5, 5.41) is 6.29. The van der Waals surface area contributed by atoms with Crippen molar-refractivity contribution in [3.05, 3.63) is 55.8 Å². The maximum absolute atomic E-state index is 12.6. The number of fused-ring (bicyclic) bond motifs is 1. The van der Waals surface area contributed by atoms with Crippen LogP contribution in [0, 0.1) is 5.92 Å². The molecule has 1 aliphatic rings. The van der Waals surface area contributed by atoms with Gasteiger partial charge in [0.05, 0.1) is 5.52 Å². The number of anilines is 1. The van der Waals surface area contributed by atoms with Crippen molar-refractivity contribution in [3.8, 4) is 0 Å². The molecule has 0 spiro atoms. The minimum atomic E-state index is -0.479. The molecule has 1 fully saturated rings. The van der Waals surface area contributed by atoms with Gasteiger partial charge >= 0.3 is 5.69 Å². The minimum absolute atomic E-state index is 0.155. The number of aromatic nitrogens is 4. The zero-order valence-electron chi connectivity index (χ0n) is 14.5. The molecule has 0 unspecified atom stereocenters. The normalized spacial score (nSPS) is 13.9. The highest BCUT2D eigenvalue weighted by atomic mass is 35.5. The molecule has 0 atom stereocenters. The average Bonchev–Trinajstić information content (AvgIpc) is 3.40. The molecule has 0 bridgehead atoms. The number of hydrazine groups is 1. The first-order chi connectivity index (χ1) is 12.9. The highest BCUT2D eigenvalue weighted by Gasteiger charge is 2.26. The fraction of sp³-hybridized carbons (Fsp3) is 0.294. The smallest absolute Gasteiger partial charge is 0.296 e. The van der Waals surface area contributed by atoms with Crippen molar-refractivity contribution in [3.63, 3.8) is 0 Å². The first kappa shape index (κ1) is 17.5. The van der Waals surface area contributed by atoms with Gasteiger partial charge in [0, 0.05) is 30.1 Å². The van der Waals surface area contributed by atoms with E-state index in [1.807, 2.05) is 0 Å². The van der Waals surface area contributed by atoms with Gasteiger partial charge in [0.25, 0.3) is 5.56 Å². The molecule has 10 heteroatoms. The van der Waals surface area contributed by atoms with Crippen LogP contribution in [0.5, 0.6) is 0 Å². The Bertz CT molecular complexity index is 1170. The molecule has 0 saturated heterocycles. The van der Waals surface area contributed by atoms with Crippen molar-refractivity contribution >= 4 is 34.6 Å². The number of nitrogens with two attached hydrogens (primary N) is 1. The van der Waals surface area contributed by atoms with Crippen molar-refractivity contribution in [2.75, 3.05) is 5.12 Å². The van der Waals surface area contributed by atoms with E-state index in [2.05, 4.69) is 5.10 Å². The molecule has 0 aliphatic heterocycles. The van der Waals surface area contributed by atoms with Crippen molar-refractivity contribution in [2.24, 2.45) is 18.8 Å². The largest absolute Gasteiger partial charge is 0.332 e. The molecule has 2 heterocycles. The second kappa shape index (κ2) is 6.36. The summed E-state index contributed by atoms with van der Waals surface area (Å²) in [6.45, 7) is 0.460. The summed E-state index contributed by atoms with van der Waals surface area (Å²) in [4.78, 5) is 37.5. The van der Waals surface area contributed by atoms with Gasteiger partial charge in [-0.05, 0) is 37.0 Å². The Morgan fingerprint density at radius 2 is 2.07 bits per heavy atom. The van der Waals surface area contributed by atoms with Crippen molar-refractivity contribution in [2.45, 2.75) is 19.4 Å². The van der Waals surface area contributed by atoms with Gasteiger partial charge in [0.2, 0.25) is 0 Å². The summed E-state index contributed by atoms with van der Waals surface area (Å²) in [5.74, 6) is 6.83. The lowest BCUT2D eigenvalue weighted by atomic mass is 10.2. The topological polar surface area (TPSA) is 108 Å². The van der Waals surface area contributed by atoms with Crippen LogP contribution >= 0.6 is 11.6 Å². The van der Waals surface area contributed by atoms with E-state index in [1.54, 1.807) is 18.2 Å². The van der Waals surface area contributed by atoms with Gasteiger partial charge < -0.3 is 0 Å². The van der Waals surface area contributed by atoms with Gasteiger partial charge in [-0.2, -0.15) is 9.91 Å². The van der Waals surface area contributed by atoms with E-state index in [0.29, 0.717) is 34.7 Å². The monoisotopic (exact) mass is 388 g/mol. The molecule has 1 saturated carbocycles. The Labute approximate surface area is 158 Å². The van der Waals surface area contributed by atoms with E-state index in [0.717, 1.165) is 22.5 Å². The number of rotatable bonds is 5. The lowest BCUT2D eigenvalue weighted by Crippen LogP contribution is -2.46. The second-order valence-corrected chi connectivity index (χ2v) is 7.07. The first-order valence-corrected chi connectivity index (χ1v) is 8.78. The van der Waals surface area contributed by atoms with Crippen LogP contribution in [0.1, 0.15) is 23.3 Å². The molecule has 3 aromatic rings. The number of carbonyl (C=O) groups is 1. The molecule has 0 radical (unpaired) electrons. The quantitative estimate of drug-likeness (QED) is 0.395. The molecule has 0 amide bonds. The highest BCUT2D eigenvalue weighted by molar-refractivity contribution is 6.31. The third kappa shape index (κ3) is 2.94. The van der Waals surface area contributed by atoms with Crippen LogP contribution in [0.4, 0.5) is 5.82 Å². The van der Waals surface area contributed by atoms with Gasteiger partial charge in [0.15, 0.2) is 12.1 Å². The summed E-state index contributed by atoms with van der Waals surface area (Å²) >= 11 is 6.01. The Morgan fingerprint density at radius 1 is 1.33 bits per heavy atom. The molecular formula is C17H17ClN6O3. The van der Waals surface area contributed by atoms with Crippen molar-refractivity contribution < 1.29 is 4.79 Å². The maximum Gasteiger partial charge on any atom is 0.332 e. The van der Waals surface area contributed by atoms with Gasteiger partial charge in [-0.15, -0.1) is 5.10 Å². The Kier molecular flexibility index (Phi) is 4.12. The van der Waals surface area contributed by atoms with E-state index in [4.69, 9.17) is 17.4 Å². The predicted octanol–water partition coefficient (Wildman–Crippen LogP) is 0.916. The van der Waals surface area contributed by atoms with Crippen molar-refractivity contribution in [1.82, 2.24) is 19.0 Å². The maximum atomic E-state index is 12.6. The molecule has 1 aromatic carbocycles. The van der Waals surface area contributed by atoms with Crippen LogP contribution in [0.15, 0.2) is 33.9 Å². The first-order valence-electron chi connectivity index (χ1n) is 8.40. The zero-order valence-corrected chi connectivity index (χ0v) is 15.3. The van der Waals surface area contributed by atoms with Gasteiger partial charge in [-0.25, -0.2) is 10.6 Å². The third-order valence-electron chi connectivity index (χ3n) is 4.72. The van der Waals surface area contributed by atoms with Crippen LogP contribution in [0.3, 0.4) is 0 Å². The van der Waals surface area contributed by atoms with Crippen LogP contribution in [0.25, 0.3) is 10.9 Å². The van der Waals surface area contributed by atoms with Crippen molar-refractivity contribution in [1.29, 1.82) is 0 Å². The summed E-state index contributed by atoms with van der Waals surface area (Å²) in [7, 11) is 1.43.